The van der Waals surface area contributed by atoms with Crippen molar-refractivity contribution < 1.29 is 14.6 Å². The van der Waals surface area contributed by atoms with Gasteiger partial charge in [0.15, 0.2) is 0 Å². The minimum atomic E-state index is -1.07. The van der Waals surface area contributed by atoms with Gasteiger partial charge in [-0.25, -0.2) is 0 Å². The third-order valence-corrected chi connectivity index (χ3v) is 3.30. The van der Waals surface area contributed by atoms with E-state index in [2.05, 4.69) is 4.74 Å². The summed E-state index contributed by atoms with van der Waals surface area (Å²) in [5, 5.41) is 10.7. The normalized spacial score (nSPS) is 18.5. The second-order valence-corrected chi connectivity index (χ2v) is 4.80. The Kier molecular flexibility index (Phi) is 3.48. The van der Waals surface area contributed by atoms with Gasteiger partial charge in [-0.1, -0.05) is 43.2 Å². The SMILES string of the molecule is COC(=O)CC(O)(CC1CC1)c1ccccc1. The Morgan fingerprint density at radius 2 is 2.06 bits per heavy atom. The third-order valence-electron chi connectivity index (χ3n) is 3.30. The third kappa shape index (κ3) is 3.07. The average Bonchev–Trinajstić information content (AvgIpc) is 3.13. The monoisotopic (exact) mass is 234 g/mol. The van der Waals surface area contributed by atoms with Crippen LogP contribution in [0, 0.1) is 5.92 Å². The Hall–Kier alpha value is -1.35. The number of hydrogen-bond acceptors (Lipinski definition) is 3. The summed E-state index contributed by atoms with van der Waals surface area (Å²) in [5.74, 6) is 0.182. The van der Waals surface area contributed by atoms with Gasteiger partial charge in [0, 0.05) is 0 Å². The highest BCUT2D eigenvalue weighted by atomic mass is 16.5. The zero-order valence-corrected chi connectivity index (χ0v) is 10.1. The quantitative estimate of drug-likeness (QED) is 0.795. The van der Waals surface area contributed by atoms with E-state index in [1.807, 2.05) is 30.3 Å². The van der Waals surface area contributed by atoms with Gasteiger partial charge >= 0.3 is 5.97 Å². The topological polar surface area (TPSA) is 46.5 Å². The van der Waals surface area contributed by atoms with Crippen molar-refractivity contribution in [2.45, 2.75) is 31.3 Å². The summed E-state index contributed by atoms with van der Waals surface area (Å²) in [4.78, 5) is 11.4. The summed E-state index contributed by atoms with van der Waals surface area (Å²) < 4.78 is 4.67. The molecule has 0 spiro atoms. The number of rotatable bonds is 5. The molecule has 3 nitrogen and oxygen atoms in total. The lowest BCUT2D eigenvalue weighted by molar-refractivity contribution is -0.147. The lowest BCUT2D eigenvalue weighted by Gasteiger charge is -2.27. The molecule has 2 rings (SSSR count). The molecule has 0 saturated heterocycles. The maximum atomic E-state index is 11.4. The predicted molar refractivity (Wildman–Crippen MR) is 64.3 cm³/mol. The Balaban J connectivity index is 2.19. The molecule has 0 aromatic heterocycles. The molecule has 1 aromatic rings. The highest BCUT2D eigenvalue weighted by molar-refractivity contribution is 5.70. The van der Waals surface area contributed by atoms with Crippen molar-refractivity contribution in [2.75, 3.05) is 7.11 Å². The molecule has 1 fully saturated rings. The molecule has 17 heavy (non-hydrogen) atoms. The van der Waals surface area contributed by atoms with Crippen LogP contribution in [0.25, 0.3) is 0 Å². The van der Waals surface area contributed by atoms with Gasteiger partial charge < -0.3 is 9.84 Å². The van der Waals surface area contributed by atoms with Crippen molar-refractivity contribution in [3.05, 3.63) is 35.9 Å². The molecule has 3 heteroatoms. The Bertz CT molecular complexity index is 384. The van der Waals surface area contributed by atoms with Crippen molar-refractivity contribution in [3.63, 3.8) is 0 Å². The highest BCUT2D eigenvalue weighted by Gasteiger charge is 2.38. The van der Waals surface area contributed by atoms with E-state index >= 15 is 0 Å². The molecular formula is C14H18O3. The smallest absolute Gasteiger partial charge is 0.308 e. The van der Waals surface area contributed by atoms with Crippen molar-refractivity contribution in [1.29, 1.82) is 0 Å². The van der Waals surface area contributed by atoms with Gasteiger partial charge in [0.05, 0.1) is 13.5 Å². The Morgan fingerprint density at radius 3 is 2.59 bits per heavy atom. The van der Waals surface area contributed by atoms with Crippen LogP contribution in [0.15, 0.2) is 30.3 Å². The molecular weight excluding hydrogens is 216 g/mol. The molecule has 1 aliphatic carbocycles. The summed E-state index contributed by atoms with van der Waals surface area (Å²) in [6, 6.07) is 9.39. The van der Waals surface area contributed by atoms with E-state index in [1.165, 1.54) is 7.11 Å². The van der Waals surface area contributed by atoms with Gasteiger partial charge in [-0.2, -0.15) is 0 Å². The zero-order valence-electron chi connectivity index (χ0n) is 10.1. The van der Waals surface area contributed by atoms with Crippen molar-refractivity contribution in [3.8, 4) is 0 Å². The number of ether oxygens (including phenoxy) is 1. The summed E-state index contributed by atoms with van der Waals surface area (Å²) in [6.45, 7) is 0. The molecule has 1 atom stereocenters. The molecule has 0 radical (unpaired) electrons. The van der Waals surface area contributed by atoms with Gasteiger partial charge in [0.1, 0.15) is 5.60 Å². The molecule has 1 saturated carbocycles. The van der Waals surface area contributed by atoms with Crippen LogP contribution in [-0.4, -0.2) is 18.2 Å². The fourth-order valence-corrected chi connectivity index (χ4v) is 2.15. The number of aliphatic hydroxyl groups is 1. The first-order chi connectivity index (χ1) is 8.14. The van der Waals surface area contributed by atoms with E-state index in [1.54, 1.807) is 0 Å². The Labute approximate surface area is 101 Å². The van der Waals surface area contributed by atoms with Gasteiger partial charge in [-0.05, 0) is 17.9 Å². The minimum absolute atomic E-state index is 0.0318. The molecule has 1 N–H and O–H groups in total. The fourth-order valence-electron chi connectivity index (χ4n) is 2.15. The molecule has 92 valence electrons. The van der Waals surface area contributed by atoms with Gasteiger partial charge in [-0.3, -0.25) is 4.79 Å². The number of benzene rings is 1. The fraction of sp³-hybridized carbons (Fsp3) is 0.500. The van der Waals surface area contributed by atoms with Crippen LogP contribution in [0.2, 0.25) is 0 Å². The largest absolute Gasteiger partial charge is 0.469 e. The minimum Gasteiger partial charge on any atom is -0.469 e. The number of esters is 1. The maximum Gasteiger partial charge on any atom is 0.308 e. The van der Waals surface area contributed by atoms with E-state index in [-0.39, 0.29) is 12.4 Å². The summed E-state index contributed by atoms with van der Waals surface area (Å²) in [5.41, 5.74) is -0.271. The first-order valence-corrected chi connectivity index (χ1v) is 5.99. The standard InChI is InChI=1S/C14H18O3/c1-17-13(15)10-14(16,9-11-7-8-11)12-5-3-2-4-6-12/h2-6,11,16H,7-10H2,1H3. The zero-order chi connectivity index (χ0) is 12.3. The first-order valence-electron chi connectivity index (χ1n) is 5.99. The van der Waals surface area contributed by atoms with Crippen LogP contribution in [0.3, 0.4) is 0 Å². The number of carbonyl (C=O) groups is 1. The van der Waals surface area contributed by atoms with E-state index in [9.17, 15) is 9.90 Å². The molecule has 0 bridgehead atoms. The molecule has 0 amide bonds. The van der Waals surface area contributed by atoms with Gasteiger partial charge in [-0.15, -0.1) is 0 Å². The molecule has 1 unspecified atom stereocenters. The predicted octanol–water partition coefficient (Wildman–Crippen LogP) is 2.24. The van der Waals surface area contributed by atoms with Crippen LogP contribution in [-0.2, 0) is 15.1 Å². The lowest BCUT2D eigenvalue weighted by atomic mass is 9.85. The van der Waals surface area contributed by atoms with Crippen LogP contribution >= 0.6 is 0 Å². The summed E-state index contributed by atoms with van der Waals surface area (Å²) >= 11 is 0. The van der Waals surface area contributed by atoms with Crippen LogP contribution in [0.4, 0.5) is 0 Å². The first kappa shape index (κ1) is 12.1. The van der Waals surface area contributed by atoms with Crippen LogP contribution in [0.1, 0.15) is 31.2 Å². The summed E-state index contributed by atoms with van der Waals surface area (Å²) in [7, 11) is 1.35. The summed E-state index contributed by atoms with van der Waals surface area (Å²) in [6.07, 6.45) is 2.97. The second kappa shape index (κ2) is 4.88. The molecule has 1 aromatic carbocycles. The maximum absolute atomic E-state index is 11.4. The van der Waals surface area contributed by atoms with E-state index in [0.717, 1.165) is 18.4 Å². The molecule has 1 aliphatic rings. The molecule has 0 heterocycles. The van der Waals surface area contributed by atoms with Crippen LogP contribution < -0.4 is 0 Å². The number of methoxy groups -OCH3 is 1. The Morgan fingerprint density at radius 1 is 1.41 bits per heavy atom. The van der Waals surface area contributed by atoms with E-state index in [4.69, 9.17) is 0 Å². The highest BCUT2D eigenvalue weighted by Crippen LogP contribution is 2.42. The van der Waals surface area contributed by atoms with E-state index in [0.29, 0.717) is 12.3 Å². The van der Waals surface area contributed by atoms with Gasteiger partial charge in [0.25, 0.3) is 0 Å². The van der Waals surface area contributed by atoms with E-state index < -0.39 is 5.60 Å². The van der Waals surface area contributed by atoms with Crippen molar-refractivity contribution in [2.24, 2.45) is 5.92 Å². The van der Waals surface area contributed by atoms with Crippen molar-refractivity contribution >= 4 is 5.97 Å². The average molecular weight is 234 g/mol. The van der Waals surface area contributed by atoms with Crippen LogP contribution in [0.5, 0.6) is 0 Å². The lowest BCUT2D eigenvalue weighted by Crippen LogP contribution is -2.30. The molecule has 0 aliphatic heterocycles. The number of carbonyl (C=O) groups excluding carboxylic acids is 1. The number of hydrogen-bond donors (Lipinski definition) is 1. The van der Waals surface area contributed by atoms with Gasteiger partial charge in [0.2, 0.25) is 0 Å². The van der Waals surface area contributed by atoms with Crippen molar-refractivity contribution in [1.82, 2.24) is 0 Å². The second-order valence-electron chi connectivity index (χ2n) is 4.80.